The fraction of sp³-hybridized carbons (Fsp3) is 0.750. The lowest BCUT2D eigenvalue weighted by Crippen LogP contribution is -2.26. The number of rotatable bonds is 4. The highest BCUT2D eigenvalue weighted by molar-refractivity contribution is 7.99. The number of nitrogens with zero attached hydrogens (tertiary/aromatic N) is 2. The van der Waals surface area contributed by atoms with Crippen LogP contribution in [0.4, 0.5) is 0 Å². The highest BCUT2D eigenvalue weighted by Crippen LogP contribution is 2.28. The molecular formula is C12H21N3S. The van der Waals surface area contributed by atoms with Crippen LogP contribution in [0.1, 0.15) is 30.5 Å². The zero-order valence-electron chi connectivity index (χ0n) is 10.4. The summed E-state index contributed by atoms with van der Waals surface area (Å²) in [5.74, 6) is 0. The molecule has 0 aromatic carbocycles. The molecule has 4 heteroatoms. The van der Waals surface area contributed by atoms with Gasteiger partial charge in [-0.3, -0.25) is 4.68 Å². The van der Waals surface area contributed by atoms with Gasteiger partial charge in [0.05, 0.1) is 6.20 Å². The van der Waals surface area contributed by atoms with E-state index in [0.29, 0.717) is 6.04 Å². The molecule has 2 rings (SSSR count). The summed E-state index contributed by atoms with van der Waals surface area (Å²) in [5.41, 5.74) is 2.60. The fourth-order valence-corrected chi connectivity index (χ4v) is 3.11. The van der Waals surface area contributed by atoms with E-state index in [2.05, 4.69) is 23.6 Å². The van der Waals surface area contributed by atoms with Crippen LogP contribution in [0.15, 0.2) is 6.20 Å². The van der Waals surface area contributed by atoms with Crippen LogP contribution >= 0.6 is 11.8 Å². The average Bonchev–Trinajstić information content (AvgIpc) is 2.86. The van der Waals surface area contributed by atoms with E-state index in [1.807, 2.05) is 29.7 Å². The summed E-state index contributed by atoms with van der Waals surface area (Å²) >= 11 is 2.01. The summed E-state index contributed by atoms with van der Waals surface area (Å²) < 4.78 is 1.94. The minimum atomic E-state index is 0.706. The van der Waals surface area contributed by atoms with Crippen LogP contribution in [0.3, 0.4) is 0 Å². The summed E-state index contributed by atoms with van der Waals surface area (Å²) in [6.07, 6.45) is 8.21. The second-order valence-corrected chi connectivity index (χ2v) is 5.77. The molecule has 3 nitrogen and oxygen atoms in total. The highest BCUT2D eigenvalue weighted by atomic mass is 32.2. The van der Waals surface area contributed by atoms with E-state index < -0.39 is 0 Å². The van der Waals surface area contributed by atoms with Gasteiger partial charge in [-0.15, -0.1) is 0 Å². The number of nitrogens with one attached hydrogen (secondary N) is 1. The van der Waals surface area contributed by atoms with E-state index in [-0.39, 0.29) is 0 Å². The van der Waals surface area contributed by atoms with E-state index in [9.17, 15) is 0 Å². The van der Waals surface area contributed by atoms with Crippen molar-refractivity contribution in [3.05, 3.63) is 17.5 Å². The van der Waals surface area contributed by atoms with Crippen LogP contribution in [0.5, 0.6) is 0 Å². The fourth-order valence-electron chi connectivity index (χ4n) is 2.31. The van der Waals surface area contributed by atoms with Crippen LogP contribution in [-0.4, -0.2) is 27.3 Å². The van der Waals surface area contributed by atoms with Crippen molar-refractivity contribution in [3.8, 4) is 0 Å². The van der Waals surface area contributed by atoms with Crippen molar-refractivity contribution in [3.63, 3.8) is 0 Å². The topological polar surface area (TPSA) is 29.9 Å². The Morgan fingerprint density at radius 2 is 2.38 bits per heavy atom. The zero-order valence-corrected chi connectivity index (χ0v) is 11.2. The summed E-state index contributed by atoms with van der Waals surface area (Å²) in [5, 5.41) is 8.78. The van der Waals surface area contributed by atoms with Crippen LogP contribution in [0.25, 0.3) is 0 Å². The lowest BCUT2D eigenvalue weighted by molar-refractivity contribution is 0.524. The first kappa shape index (κ1) is 12.0. The predicted octanol–water partition coefficient (Wildman–Crippen LogP) is 2.10. The Labute approximate surface area is 102 Å². The van der Waals surface area contributed by atoms with Crippen molar-refractivity contribution >= 4 is 11.8 Å². The monoisotopic (exact) mass is 239 g/mol. The lowest BCUT2D eigenvalue weighted by atomic mass is 10.2. The zero-order chi connectivity index (χ0) is 11.5. The van der Waals surface area contributed by atoms with Gasteiger partial charge in [-0.25, -0.2) is 0 Å². The Morgan fingerprint density at radius 1 is 1.56 bits per heavy atom. The van der Waals surface area contributed by atoms with Gasteiger partial charge >= 0.3 is 0 Å². The van der Waals surface area contributed by atoms with E-state index in [4.69, 9.17) is 0 Å². The minimum absolute atomic E-state index is 0.706. The van der Waals surface area contributed by atoms with Crippen LogP contribution in [-0.2, 0) is 13.6 Å². The summed E-state index contributed by atoms with van der Waals surface area (Å²) in [4.78, 5) is 0. The van der Waals surface area contributed by atoms with Crippen molar-refractivity contribution < 1.29 is 0 Å². The molecular weight excluding hydrogens is 218 g/mol. The number of aromatic nitrogens is 2. The Kier molecular flexibility index (Phi) is 3.92. The first-order chi connectivity index (χ1) is 7.70. The highest BCUT2D eigenvalue weighted by Gasteiger charge is 2.23. The summed E-state index contributed by atoms with van der Waals surface area (Å²) in [7, 11) is 2.00. The maximum absolute atomic E-state index is 4.27. The van der Waals surface area contributed by atoms with Crippen LogP contribution in [0.2, 0.25) is 0 Å². The Bertz CT molecular complexity index is 348. The number of hydrogen-bond acceptors (Lipinski definition) is 3. The predicted molar refractivity (Wildman–Crippen MR) is 69.7 cm³/mol. The lowest BCUT2D eigenvalue weighted by Gasteiger charge is -2.12. The molecule has 16 heavy (non-hydrogen) atoms. The van der Waals surface area contributed by atoms with Gasteiger partial charge in [-0.1, -0.05) is 0 Å². The number of aryl methyl sites for hydroxylation is 1. The van der Waals surface area contributed by atoms with Crippen molar-refractivity contribution in [2.45, 2.75) is 44.0 Å². The van der Waals surface area contributed by atoms with Gasteiger partial charge in [0, 0.05) is 36.1 Å². The van der Waals surface area contributed by atoms with Gasteiger partial charge in [0.1, 0.15) is 0 Å². The third-order valence-electron chi connectivity index (χ3n) is 3.64. The van der Waals surface area contributed by atoms with Crippen molar-refractivity contribution in [2.24, 2.45) is 7.05 Å². The van der Waals surface area contributed by atoms with Gasteiger partial charge < -0.3 is 5.32 Å². The van der Waals surface area contributed by atoms with Gasteiger partial charge in [-0.05, 0) is 32.4 Å². The normalized spacial score (nSPS) is 25.2. The van der Waals surface area contributed by atoms with Gasteiger partial charge in [0.25, 0.3) is 0 Å². The molecule has 1 saturated carbocycles. The van der Waals surface area contributed by atoms with Crippen LogP contribution < -0.4 is 5.32 Å². The molecule has 2 atom stereocenters. The average molecular weight is 239 g/mol. The molecule has 0 saturated heterocycles. The SMILES string of the molecule is CSC1CCC(NCc2cnn(C)c2C)C1. The molecule has 1 N–H and O–H groups in total. The quantitative estimate of drug-likeness (QED) is 0.872. The van der Waals surface area contributed by atoms with E-state index in [1.54, 1.807) is 0 Å². The third-order valence-corrected chi connectivity index (χ3v) is 4.73. The Hall–Kier alpha value is -0.480. The van der Waals surface area contributed by atoms with E-state index >= 15 is 0 Å². The molecule has 0 aliphatic heterocycles. The minimum Gasteiger partial charge on any atom is -0.310 e. The summed E-state index contributed by atoms with van der Waals surface area (Å²) in [6, 6.07) is 0.706. The van der Waals surface area contributed by atoms with E-state index in [1.165, 1.54) is 30.5 Å². The number of hydrogen-bond donors (Lipinski definition) is 1. The molecule has 0 amide bonds. The smallest absolute Gasteiger partial charge is 0.0537 e. The summed E-state index contributed by atoms with van der Waals surface area (Å²) in [6.45, 7) is 3.09. The molecule has 0 spiro atoms. The van der Waals surface area contributed by atoms with Crippen LogP contribution in [0, 0.1) is 6.92 Å². The second-order valence-electron chi connectivity index (χ2n) is 4.63. The molecule has 1 aromatic heterocycles. The molecule has 0 bridgehead atoms. The van der Waals surface area contributed by atoms with Gasteiger partial charge in [-0.2, -0.15) is 16.9 Å². The molecule has 1 aromatic rings. The van der Waals surface area contributed by atoms with Gasteiger partial charge in [0.15, 0.2) is 0 Å². The van der Waals surface area contributed by atoms with E-state index in [0.717, 1.165) is 11.8 Å². The third kappa shape index (κ3) is 2.61. The van der Waals surface area contributed by atoms with Crippen molar-refractivity contribution in [2.75, 3.05) is 6.26 Å². The standard InChI is InChI=1S/C12H21N3S/c1-9-10(8-14-15(9)2)7-13-11-4-5-12(6-11)16-3/h8,11-13H,4-7H2,1-3H3. The molecule has 1 heterocycles. The molecule has 0 radical (unpaired) electrons. The Morgan fingerprint density at radius 3 is 2.94 bits per heavy atom. The molecule has 1 fully saturated rings. The Balaban J connectivity index is 1.82. The molecule has 1 aliphatic carbocycles. The van der Waals surface area contributed by atoms with Crippen molar-refractivity contribution in [1.82, 2.24) is 15.1 Å². The molecule has 1 aliphatic rings. The maximum atomic E-state index is 4.27. The van der Waals surface area contributed by atoms with Crippen molar-refractivity contribution in [1.29, 1.82) is 0 Å². The molecule has 90 valence electrons. The number of thioether (sulfide) groups is 1. The first-order valence-corrected chi connectivity index (χ1v) is 7.23. The maximum Gasteiger partial charge on any atom is 0.0537 e. The first-order valence-electron chi connectivity index (χ1n) is 5.94. The molecule has 2 unspecified atom stereocenters. The van der Waals surface area contributed by atoms with Gasteiger partial charge in [0.2, 0.25) is 0 Å². The largest absolute Gasteiger partial charge is 0.310 e. The second kappa shape index (κ2) is 5.23.